The quantitative estimate of drug-likeness (QED) is 0.534. The summed E-state index contributed by atoms with van der Waals surface area (Å²) >= 11 is 0. The van der Waals surface area contributed by atoms with E-state index in [1.807, 2.05) is 48.5 Å². The van der Waals surface area contributed by atoms with Gasteiger partial charge in [0.15, 0.2) is 0 Å². The molecule has 6 nitrogen and oxygen atoms in total. The van der Waals surface area contributed by atoms with Crippen molar-refractivity contribution in [3.05, 3.63) is 0 Å². The lowest BCUT2D eigenvalue weighted by Gasteiger charge is -2.16. The Labute approximate surface area is 181 Å². The molecule has 0 saturated carbocycles. The van der Waals surface area contributed by atoms with E-state index in [-0.39, 0.29) is 50.4 Å². The van der Waals surface area contributed by atoms with Crippen molar-refractivity contribution < 1.29 is 20.9 Å². The Bertz CT molecular complexity index is 429. The van der Waals surface area contributed by atoms with E-state index in [0.717, 1.165) is 19.3 Å². The maximum absolute atomic E-state index is 12.1. The molecule has 29 heavy (non-hydrogen) atoms. The number of carbonyl (C=O) groups excluding carboxylic acids is 3. The Kier molecular flexibility index (Phi) is 23.7. The second-order valence-corrected chi connectivity index (χ2v) is 7.06. The number of likely N-dealkylation sites (tertiary alicyclic amines) is 1. The van der Waals surface area contributed by atoms with Crippen LogP contribution in [0.1, 0.15) is 95.8 Å². The molecule has 1 saturated heterocycles. The number of hydrogen-bond donors (Lipinski definition) is 2. The van der Waals surface area contributed by atoms with E-state index in [9.17, 15) is 14.4 Å². The Morgan fingerprint density at radius 3 is 2.07 bits per heavy atom. The first-order valence-electron chi connectivity index (χ1n) is 11.5. The SMILES string of the molecule is CC.CC.CCC(C)CCNC(=O)CCN1C(=O)CC(C(C)C)C1=O.CCCO.[HH]. The van der Waals surface area contributed by atoms with Crippen molar-refractivity contribution in [2.75, 3.05) is 19.7 Å². The summed E-state index contributed by atoms with van der Waals surface area (Å²) < 4.78 is 0. The highest BCUT2D eigenvalue weighted by molar-refractivity contribution is 6.03. The van der Waals surface area contributed by atoms with Gasteiger partial charge in [0, 0.05) is 39.9 Å². The fourth-order valence-electron chi connectivity index (χ4n) is 2.43. The van der Waals surface area contributed by atoms with E-state index in [0.29, 0.717) is 19.1 Å². The summed E-state index contributed by atoms with van der Waals surface area (Å²) in [6, 6.07) is 0. The molecular formula is C23H50N2O4. The minimum absolute atomic E-state index is 0. The zero-order chi connectivity index (χ0) is 23.4. The molecule has 176 valence electrons. The van der Waals surface area contributed by atoms with E-state index >= 15 is 0 Å². The van der Waals surface area contributed by atoms with Gasteiger partial charge in [-0.05, 0) is 24.7 Å². The molecule has 3 amide bonds. The molecule has 0 aromatic rings. The van der Waals surface area contributed by atoms with Crippen molar-refractivity contribution >= 4 is 17.7 Å². The molecule has 1 aliphatic rings. The van der Waals surface area contributed by atoms with Gasteiger partial charge in [0.25, 0.3) is 0 Å². The smallest absolute Gasteiger partial charge is 0.233 e. The predicted octanol–water partition coefficient (Wildman–Crippen LogP) is 4.65. The molecule has 2 unspecified atom stereocenters. The van der Waals surface area contributed by atoms with Gasteiger partial charge in [0.2, 0.25) is 17.7 Å². The van der Waals surface area contributed by atoms with Crippen LogP contribution in [0.5, 0.6) is 0 Å². The van der Waals surface area contributed by atoms with Crippen molar-refractivity contribution in [2.45, 2.75) is 94.4 Å². The minimum Gasteiger partial charge on any atom is -0.396 e. The zero-order valence-corrected chi connectivity index (χ0v) is 20.5. The standard InChI is InChI=1S/C16H28N2O3.C3H8O.2C2H6.H2/c1-5-12(4)6-8-17-14(19)7-9-18-15(20)10-13(11(2)3)16(18)21;1-2-3-4;2*1-2;/h11-13H,5-10H2,1-4H3,(H,17,19);4H,2-3H2,1H3;2*1-2H3;1H. The number of hydrogen-bond acceptors (Lipinski definition) is 4. The number of amides is 3. The van der Waals surface area contributed by atoms with Crippen molar-refractivity contribution in [3.8, 4) is 0 Å². The second-order valence-electron chi connectivity index (χ2n) is 7.06. The number of imide groups is 1. The van der Waals surface area contributed by atoms with Crippen LogP contribution in [0.15, 0.2) is 0 Å². The van der Waals surface area contributed by atoms with Gasteiger partial charge in [0.05, 0.1) is 0 Å². The third-order valence-corrected chi connectivity index (χ3v) is 4.53. The molecule has 0 aliphatic carbocycles. The van der Waals surface area contributed by atoms with Crippen LogP contribution in [-0.4, -0.2) is 47.4 Å². The summed E-state index contributed by atoms with van der Waals surface area (Å²) in [5.74, 6) is 0.182. The summed E-state index contributed by atoms with van der Waals surface area (Å²) in [6.07, 6.45) is 3.41. The molecular weight excluding hydrogens is 368 g/mol. The summed E-state index contributed by atoms with van der Waals surface area (Å²) in [6.45, 7) is 19.3. The summed E-state index contributed by atoms with van der Waals surface area (Å²) in [5, 5.41) is 10.7. The van der Waals surface area contributed by atoms with Gasteiger partial charge in [0.1, 0.15) is 0 Å². The summed E-state index contributed by atoms with van der Waals surface area (Å²) in [5.41, 5.74) is 0. The third-order valence-electron chi connectivity index (χ3n) is 4.53. The maximum Gasteiger partial charge on any atom is 0.233 e. The molecule has 1 aliphatic heterocycles. The van der Waals surface area contributed by atoms with Crippen molar-refractivity contribution in [1.82, 2.24) is 10.2 Å². The highest BCUT2D eigenvalue weighted by Crippen LogP contribution is 2.26. The Hall–Kier alpha value is -1.43. The number of nitrogens with one attached hydrogen (secondary N) is 1. The number of aliphatic hydroxyl groups is 1. The molecule has 0 spiro atoms. The Balaban J connectivity index is -0.000000328. The van der Waals surface area contributed by atoms with Crippen LogP contribution in [-0.2, 0) is 14.4 Å². The van der Waals surface area contributed by atoms with Crippen molar-refractivity contribution in [2.24, 2.45) is 17.8 Å². The minimum atomic E-state index is -0.217. The van der Waals surface area contributed by atoms with Crippen LogP contribution in [0.3, 0.4) is 0 Å². The van der Waals surface area contributed by atoms with Crippen LogP contribution in [0, 0.1) is 17.8 Å². The highest BCUT2D eigenvalue weighted by atomic mass is 16.3. The molecule has 1 heterocycles. The molecule has 2 N–H and O–H groups in total. The molecule has 6 heteroatoms. The average molecular weight is 419 g/mol. The molecule has 0 bridgehead atoms. The number of aliphatic hydroxyl groups excluding tert-OH is 1. The largest absolute Gasteiger partial charge is 0.396 e. The van der Waals surface area contributed by atoms with E-state index in [4.69, 9.17) is 5.11 Å². The van der Waals surface area contributed by atoms with Crippen LogP contribution in [0.25, 0.3) is 0 Å². The van der Waals surface area contributed by atoms with Gasteiger partial charge in [-0.3, -0.25) is 19.3 Å². The van der Waals surface area contributed by atoms with Gasteiger partial charge < -0.3 is 10.4 Å². The number of rotatable bonds is 9. The zero-order valence-electron chi connectivity index (χ0n) is 20.5. The van der Waals surface area contributed by atoms with E-state index < -0.39 is 0 Å². The van der Waals surface area contributed by atoms with Gasteiger partial charge in [-0.25, -0.2) is 0 Å². The normalized spacial score (nSPS) is 16.1. The maximum atomic E-state index is 12.1. The van der Waals surface area contributed by atoms with Crippen LogP contribution in [0.2, 0.25) is 0 Å². The lowest BCUT2D eigenvalue weighted by Crippen LogP contribution is -2.36. The van der Waals surface area contributed by atoms with Gasteiger partial charge in [-0.2, -0.15) is 0 Å². The lowest BCUT2D eigenvalue weighted by atomic mass is 9.94. The highest BCUT2D eigenvalue weighted by Gasteiger charge is 2.39. The van der Waals surface area contributed by atoms with Crippen LogP contribution < -0.4 is 5.32 Å². The van der Waals surface area contributed by atoms with E-state index in [1.165, 1.54) is 4.90 Å². The second kappa shape index (κ2) is 21.3. The number of nitrogens with zero attached hydrogens (tertiary/aromatic N) is 1. The fourth-order valence-corrected chi connectivity index (χ4v) is 2.43. The summed E-state index contributed by atoms with van der Waals surface area (Å²) in [7, 11) is 0. The molecule has 1 rings (SSSR count). The molecule has 1 fully saturated rings. The van der Waals surface area contributed by atoms with Crippen molar-refractivity contribution in [3.63, 3.8) is 0 Å². The average Bonchev–Trinajstić information content (AvgIpc) is 3.03. The predicted molar refractivity (Wildman–Crippen MR) is 124 cm³/mol. The Morgan fingerprint density at radius 1 is 1.17 bits per heavy atom. The molecule has 0 radical (unpaired) electrons. The first kappa shape index (κ1) is 32.2. The summed E-state index contributed by atoms with van der Waals surface area (Å²) in [4.78, 5) is 36.9. The van der Waals surface area contributed by atoms with E-state index in [1.54, 1.807) is 0 Å². The first-order valence-corrected chi connectivity index (χ1v) is 11.5. The number of carbonyl (C=O) groups is 3. The third kappa shape index (κ3) is 15.1. The van der Waals surface area contributed by atoms with Crippen LogP contribution in [0.4, 0.5) is 0 Å². The lowest BCUT2D eigenvalue weighted by molar-refractivity contribution is -0.140. The monoisotopic (exact) mass is 418 g/mol. The van der Waals surface area contributed by atoms with Crippen LogP contribution >= 0.6 is 0 Å². The van der Waals surface area contributed by atoms with Gasteiger partial charge in [-0.1, -0.05) is 68.7 Å². The van der Waals surface area contributed by atoms with Crippen molar-refractivity contribution in [1.29, 1.82) is 0 Å². The first-order chi connectivity index (χ1) is 13.8. The van der Waals surface area contributed by atoms with Gasteiger partial charge >= 0.3 is 0 Å². The van der Waals surface area contributed by atoms with E-state index in [2.05, 4.69) is 19.2 Å². The van der Waals surface area contributed by atoms with Gasteiger partial charge in [-0.15, -0.1) is 0 Å². The molecule has 0 aromatic heterocycles. The molecule has 0 aromatic carbocycles. The molecule has 2 atom stereocenters. The Morgan fingerprint density at radius 2 is 1.69 bits per heavy atom. The topological polar surface area (TPSA) is 86.7 Å². The fraction of sp³-hybridized carbons (Fsp3) is 0.870.